The molecule has 0 saturated heterocycles. The van der Waals surface area contributed by atoms with Gasteiger partial charge in [0.05, 0.1) is 18.8 Å². The van der Waals surface area contributed by atoms with Crippen molar-refractivity contribution >= 4 is 29.9 Å². The fourth-order valence-corrected chi connectivity index (χ4v) is 2.65. The van der Waals surface area contributed by atoms with Crippen LogP contribution in [0.3, 0.4) is 0 Å². The topological polar surface area (TPSA) is 66.7 Å². The Morgan fingerprint density at radius 2 is 1.89 bits per heavy atom. The van der Waals surface area contributed by atoms with Crippen molar-refractivity contribution in [2.24, 2.45) is 12.0 Å². The Kier molecular flexibility index (Phi) is 10.2. The van der Waals surface area contributed by atoms with Gasteiger partial charge in [0, 0.05) is 32.4 Å². The first-order chi connectivity index (χ1) is 12.9. The molecule has 2 rings (SSSR count). The number of nitrogens with one attached hydrogen (secondary N) is 2. The number of benzene rings is 1. The second-order valence-electron chi connectivity index (χ2n) is 6.64. The highest BCUT2D eigenvalue weighted by Crippen LogP contribution is 2.16. The zero-order chi connectivity index (χ0) is 19.8. The van der Waals surface area contributed by atoms with E-state index in [1.807, 2.05) is 40.5 Å². The van der Waals surface area contributed by atoms with Gasteiger partial charge in [0.1, 0.15) is 17.7 Å². The first-order valence-corrected chi connectivity index (χ1v) is 8.90. The highest BCUT2D eigenvalue weighted by atomic mass is 127. The maximum atomic E-state index is 13.0. The van der Waals surface area contributed by atoms with E-state index in [0.29, 0.717) is 24.8 Å². The van der Waals surface area contributed by atoms with E-state index >= 15 is 0 Å². The SMILES string of the molecule is CN=C(NCC(C)Oc1ccc(F)cc1)NCC(c1cnn(C)c1)N(C)C.I. The molecule has 2 N–H and O–H groups in total. The summed E-state index contributed by atoms with van der Waals surface area (Å²) in [4.78, 5) is 6.40. The van der Waals surface area contributed by atoms with Gasteiger partial charge in [-0.15, -0.1) is 24.0 Å². The van der Waals surface area contributed by atoms with Gasteiger partial charge in [0.15, 0.2) is 5.96 Å². The Morgan fingerprint density at radius 1 is 1.25 bits per heavy atom. The maximum Gasteiger partial charge on any atom is 0.191 e. The zero-order valence-corrected chi connectivity index (χ0v) is 19.3. The summed E-state index contributed by atoms with van der Waals surface area (Å²) in [5.41, 5.74) is 1.14. The average molecular weight is 504 g/mol. The molecule has 1 aromatic heterocycles. The van der Waals surface area contributed by atoms with Crippen molar-refractivity contribution in [1.29, 1.82) is 0 Å². The molecule has 0 spiro atoms. The predicted molar refractivity (Wildman–Crippen MR) is 121 cm³/mol. The van der Waals surface area contributed by atoms with Crippen LogP contribution in [0.5, 0.6) is 5.75 Å². The summed E-state index contributed by atoms with van der Waals surface area (Å²) in [5.74, 6) is 1.06. The largest absolute Gasteiger partial charge is 0.489 e. The van der Waals surface area contributed by atoms with E-state index in [1.54, 1.807) is 23.9 Å². The van der Waals surface area contributed by atoms with Crippen LogP contribution in [0.1, 0.15) is 18.5 Å². The van der Waals surface area contributed by atoms with Gasteiger partial charge in [0.25, 0.3) is 0 Å². The molecule has 0 aliphatic heterocycles. The molecule has 0 aliphatic rings. The number of hydrogen-bond donors (Lipinski definition) is 2. The number of guanidine groups is 1. The molecule has 9 heteroatoms. The lowest BCUT2D eigenvalue weighted by molar-refractivity contribution is 0.223. The van der Waals surface area contributed by atoms with Crippen molar-refractivity contribution < 1.29 is 9.13 Å². The fraction of sp³-hybridized carbons (Fsp3) is 0.474. The third-order valence-electron chi connectivity index (χ3n) is 4.13. The van der Waals surface area contributed by atoms with E-state index in [9.17, 15) is 4.39 Å². The lowest BCUT2D eigenvalue weighted by Crippen LogP contribution is -2.44. The Bertz CT molecular complexity index is 734. The van der Waals surface area contributed by atoms with E-state index in [1.165, 1.54) is 12.1 Å². The fourth-order valence-electron chi connectivity index (χ4n) is 2.65. The van der Waals surface area contributed by atoms with Gasteiger partial charge in [-0.1, -0.05) is 0 Å². The molecule has 2 atom stereocenters. The van der Waals surface area contributed by atoms with Crippen LogP contribution in [-0.2, 0) is 7.05 Å². The molecule has 0 aliphatic carbocycles. The number of rotatable bonds is 8. The van der Waals surface area contributed by atoms with Gasteiger partial charge >= 0.3 is 0 Å². The Hall–Kier alpha value is -1.88. The molecule has 2 aromatic rings. The first-order valence-electron chi connectivity index (χ1n) is 8.90. The monoisotopic (exact) mass is 504 g/mol. The van der Waals surface area contributed by atoms with Crippen molar-refractivity contribution in [3.05, 3.63) is 48.0 Å². The van der Waals surface area contributed by atoms with E-state index in [0.717, 1.165) is 5.56 Å². The molecule has 0 fully saturated rings. The van der Waals surface area contributed by atoms with Gasteiger partial charge < -0.3 is 20.3 Å². The number of ether oxygens (including phenoxy) is 1. The first kappa shape index (κ1) is 24.2. The quantitative estimate of drug-likeness (QED) is 0.329. The van der Waals surface area contributed by atoms with Crippen molar-refractivity contribution in [2.75, 3.05) is 34.2 Å². The number of nitrogens with zero attached hydrogens (tertiary/aromatic N) is 4. The van der Waals surface area contributed by atoms with Gasteiger partial charge in [0.2, 0.25) is 0 Å². The highest BCUT2D eigenvalue weighted by Gasteiger charge is 2.16. The minimum Gasteiger partial charge on any atom is -0.489 e. The number of halogens is 2. The third kappa shape index (κ3) is 7.63. The molecule has 1 heterocycles. The minimum atomic E-state index is -0.276. The second-order valence-corrected chi connectivity index (χ2v) is 6.64. The van der Waals surface area contributed by atoms with E-state index in [2.05, 4.69) is 25.6 Å². The molecule has 156 valence electrons. The molecule has 1 aromatic carbocycles. The van der Waals surface area contributed by atoms with Gasteiger partial charge in [-0.25, -0.2) is 4.39 Å². The number of aryl methyl sites for hydroxylation is 1. The molecule has 28 heavy (non-hydrogen) atoms. The van der Waals surface area contributed by atoms with E-state index in [-0.39, 0.29) is 41.9 Å². The standard InChI is InChI=1S/C19H29FN6O.HI/c1-14(27-17-8-6-16(20)7-9-17)10-22-19(21-2)23-12-18(25(3)4)15-11-24-26(5)13-15;/h6-9,11,13-14,18H,10,12H2,1-5H3,(H2,21,22,23);1H. The summed E-state index contributed by atoms with van der Waals surface area (Å²) < 4.78 is 20.5. The van der Waals surface area contributed by atoms with Crippen LogP contribution in [0.15, 0.2) is 41.7 Å². The van der Waals surface area contributed by atoms with Crippen LogP contribution in [0.4, 0.5) is 4.39 Å². The summed E-state index contributed by atoms with van der Waals surface area (Å²) in [7, 11) is 7.71. The normalized spacial score (nSPS) is 13.6. The van der Waals surface area contributed by atoms with Crippen molar-refractivity contribution in [3.63, 3.8) is 0 Å². The molecule has 0 saturated carbocycles. The predicted octanol–water partition coefficient (Wildman–Crippen LogP) is 2.41. The summed E-state index contributed by atoms with van der Waals surface area (Å²) >= 11 is 0. The van der Waals surface area contributed by atoms with Crippen molar-refractivity contribution in [1.82, 2.24) is 25.3 Å². The number of hydrogen-bond acceptors (Lipinski definition) is 4. The Morgan fingerprint density at radius 3 is 2.43 bits per heavy atom. The lowest BCUT2D eigenvalue weighted by Gasteiger charge is -2.25. The average Bonchev–Trinajstić information content (AvgIpc) is 3.05. The van der Waals surface area contributed by atoms with Crippen molar-refractivity contribution in [2.45, 2.75) is 19.1 Å². The van der Waals surface area contributed by atoms with Gasteiger partial charge in [-0.2, -0.15) is 5.10 Å². The third-order valence-corrected chi connectivity index (χ3v) is 4.13. The minimum absolute atomic E-state index is 0. The van der Waals surface area contributed by atoms with Crippen LogP contribution < -0.4 is 15.4 Å². The van der Waals surface area contributed by atoms with E-state index in [4.69, 9.17) is 4.74 Å². The van der Waals surface area contributed by atoms with Gasteiger partial charge in [-0.05, 0) is 45.3 Å². The van der Waals surface area contributed by atoms with E-state index < -0.39 is 0 Å². The maximum absolute atomic E-state index is 13.0. The molecule has 0 amide bonds. The van der Waals surface area contributed by atoms with Crippen LogP contribution in [0.2, 0.25) is 0 Å². The van der Waals surface area contributed by atoms with Gasteiger partial charge in [-0.3, -0.25) is 9.67 Å². The zero-order valence-electron chi connectivity index (χ0n) is 17.0. The Balaban J connectivity index is 0.00000392. The summed E-state index contributed by atoms with van der Waals surface area (Å²) in [6.45, 7) is 3.20. The number of aromatic nitrogens is 2. The molecular weight excluding hydrogens is 474 g/mol. The van der Waals surface area contributed by atoms with Crippen LogP contribution in [0.25, 0.3) is 0 Å². The molecule has 2 unspecified atom stereocenters. The molecular formula is C19H30FIN6O. The van der Waals surface area contributed by atoms with Crippen LogP contribution in [-0.4, -0.2) is 61.0 Å². The summed E-state index contributed by atoms with van der Waals surface area (Å²) in [6.07, 6.45) is 3.79. The number of likely N-dealkylation sites (N-methyl/N-ethyl adjacent to an activating group) is 1. The van der Waals surface area contributed by atoms with Crippen LogP contribution >= 0.6 is 24.0 Å². The second kappa shape index (κ2) is 11.8. The molecule has 0 bridgehead atoms. The molecule has 0 radical (unpaired) electrons. The Labute approximate surface area is 183 Å². The number of aliphatic imine (C=N–C) groups is 1. The lowest BCUT2D eigenvalue weighted by atomic mass is 10.1. The van der Waals surface area contributed by atoms with Crippen LogP contribution in [0, 0.1) is 5.82 Å². The summed E-state index contributed by atoms with van der Waals surface area (Å²) in [5, 5.41) is 10.8. The molecule has 7 nitrogen and oxygen atoms in total. The summed E-state index contributed by atoms with van der Waals surface area (Å²) in [6, 6.07) is 6.18. The highest BCUT2D eigenvalue weighted by molar-refractivity contribution is 14.0. The smallest absolute Gasteiger partial charge is 0.191 e. The van der Waals surface area contributed by atoms with Crippen molar-refractivity contribution in [3.8, 4) is 5.75 Å².